The van der Waals surface area contributed by atoms with Crippen LogP contribution in [0.5, 0.6) is 0 Å². The molecule has 0 atom stereocenters. The first-order valence-electron chi connectivity index (χ1n) is 17.9. The summed E-state index contributed by atoms with van der Waals surface area (Å²) in [6.45, 7) is 9.76. The Labute approximate surface area is 271 Å². The van der Waals surface area contributed by atoms with E-state index in [4.69, 9.17) is 0 Å². The number of hydrogen-bond donors (Lipinski definition) is 0. The third kappa shape index (κ3) is 15.8. The summed E-state index contributed by atoms with van der Waals surface area (Å²) in [6.07, 6.45) is 35.4. The molecule has 5 aliphatic carbocycles. The van der Waals surface area contributed by atoms with Gasteiger partial charge in [0.25, 0.3) is 0 Å². The Morgan fingerprint density at radius 2 is 0.357 bits per heavy atom. The maximum Gasteiger partial charge on any atom is -0.0411 e. The van der Waals surface area contributed by atoms with Gasteiger partial charge in [0.05, 0.1) is 0 Å². The highest BCUT2D eigenvalue weighted by molar-refractivity contribution is 4.81. The van der Waals surface area contributed by atoms with Crippen LogP contribution in [0.1, 0.15) is 213 Å². The Balaban J connectivity index is 0. The minimum atomic E-state index is 0. The molecular formula is C42H88. The first-order valence-corrected chi connectivity index (χ1v) is 17.9. The fourth-order valence-corrected chi connectivity index (χ4v) is 9.38. The first kappa shape index (κ1) is 44.1. The topological polar surface area (TPSA) is 0 Å². The molecule has 0 heterocycles. The molecular weight excluding hydrogens is 504 g/mol. The normalized spacial score (nSPS) is 38.3. The maximum atomic E-state index is 2.45. The van der Waals surface area contributed by atoms with E-state index in [0.717, 1.165) is 59.2 Å². The smallest absolute Gasteiger partial charge is 0.0411 e. The van der Waals surface area contributed by atoms with Gasteiger partial charge in [0.1, 0.15) is 0 Å². The molecule has 0 spiro atoms. The van der Waals surface area contributed by atoms with Crippen LogP contribution in [-0.4, -0.2) is 0 Å². The predicted molar refractivity (Wildman–Crippen MR) is 197 cm³/mol. The Hall–Kier alpha value is 0. The van der Waals surface area contributed by atoms with Crippen molar-refractivity contribution >= 4 is 0 Å². The van der Waals surface area contributed by atoms with Gasteiger partial charge in [0.2, 0.25) is 0 Å². The second kappa shape index (κ2) is 23.4. The van der Waals surface area contributed by atoms with Crippen molar-refractivity contribution in [2.75, 3.05) is 0 Å². The Kier molecular flexibility index (Phi) is 24.5. The molecule has 5 saturated carbocycles. The van der Waals surface area contributed by atoms with Crippen LogP contribution in [0.15, 0.2) is 0 Å². The summed E-state index contributed by atoms with van der Waals surface area (Å²) in [7, 11) is 0. The zero-order valence-electron chi connectivity index (χ0n) is 26.0. The maximum absolute atomic E-state index is 2.45. The van der Waals surface area contributed by atoms with Crippen molar-refractivity contribution in [3.8, 4) is 0 Å². The zero-order valence-corrected chi connectivity index (χ0v) is 26.0. The summed E-state index contributed by atoms with van der Waals surface area (Å²) in [4.78, 5) is 0. The third-order valence-electron chi connectivity index (χ3n) is 12.5. The molecule has 0 aromatic carbocycles. The molecule has 0 aromatic heterocycles. The fraction of sp³-hybridized carbons (Fsp3) is 1.00. The second-order valence-electron chi connectivity index (χ2n) is 16.1. The van der Waals surface area contributed by atoms with Gasteiger partial charge >= 0.3 is 0 Å². The lowest BCUT2D eigenvalue weighted by Crippen LogP contribution is -2.22. The van der Waals surface area contributed by atoms with Gasteiger partial charge in [-0.25, -0.2) is 0 Å². The van der Waals surface area contributed by atoms with Crippen LogP contribution in [0.4, 0.5) is 0 Å². The van der Waals surface area contributed by atoms with Crippen LogP contribution in [0.3, 0.4) is 0 Å². The van der Waals surface area contributed by atoms with E-state index < -0.39 is 0 Å². The molecule has 0 N–H and O–H groups in total. The minimum absolute atomic E-state index is 0. The van der Waals surface area contributed by atoms with Gasteiger partial charge in [-0.3, -0.25) is 0 Å². The SMILES string of the molecule is C.C.C.C.C.CC1CCC(CC2CCC(C)CC2)CC1.CC1CCC(CC2CCC(CC3CCC(C)CC3)CC2)CC1. The van der Waals surface area contributed by atoms with Crippen molar-refractivity contribution in [3.63, 3.8) is 0 Å². The van der Waals surface area contributed by atoms with E-state index in [1.54, 1.807) is 70.6 Å². The zero-order chi connectivity index (χ0) is 26.0. The highest BCUT2D eigenvalue weighted by Crippen LogP contribution is 2.42. The van der Waals surface area contributed by atoms with E-state index >= 15 is 0 Å². The van der Waals surface area contributed by atoms with Crippen molar-refractivity contribution < 1.29 is 0 Å². The molecule has 0 heteroatoms. The van der Waals surface area contributed by atoms with Crippen molar-refractivity contribution in [1.29, 1.82) is 0 Å². The highest BCUT2D eigenvalue weighted by atomic mass is 14.3. The van der Waals surface area contributed by atoms with Gasteiger partial charge in [-0.05, 0) is 78.4 Å². The molecule has 0 amide bonds. The third-order valence-corrected chi connectivity index (χ3v) is 12.5. The molecule has 0 radical (unpaired) electrons. The molecule has 5 rings (SSSR count). The fourth-order valence-electron chi connectivity index (χ4n) is 9.38. The average molecular weight is 593 g/mol. The molecule has 0 aromatic rings. The second-order valence-corrected chi connectivity index (χ2v) is 16.1. The Morgan fingerprint density at radius 1 is 0.238 bits per heavy atom. The summed E-state index contributed by atoms with van der Waals surface area (Å²) in [5.74, 6) is 10.7. The molecule has 0 bridgehead atoms. The van der Waals surface area contributed by atoms with E-state index in [2.05, 4.69) is 27.7 Å². The van der Waals surface area contributed by atoms with Gasteiger partial charge in [-0.15, -0.1) is 0 Å². The summed E-state index contributed by atoms with van der Waals surface area (Å²) < 4.78 is 0. The summed E-state index contributed by atoms with van der Waals surface area (Å²) in [5.41, 5.74) is 0. The van der Waals surface area contributed by atoms with Gasteiger partial charge < -0.3 is 0 Å². The van der Waals surface area contributed by atoms with E-state index in [9.17, 15) is 0 Å². The lowest BCUT2D eigenvalue weighted by atomic mass is 9.70. The monoisotopic (exact) mass is 593 g/mol. The number of hydrogen-bond acceptors (Lipinski definition) is 0. The van der Waals surface area contributed by atoms with Crippen LogP contribution in [0.25, 0.3) is 0 Å². The van der Waals surface area contributed by atoms with Crippen LogP contribution in [0, 0.1) is 59.2 Å². The largest absolute Gasteiger partial charge is 0.0776 e. The van der Waals surface area contributed by atoms with Gasteiger partial charge in [-0.2, -0.15) is 0 Å². The van der Waals surface area contributed by atoms with Gasteiger partial charge in [0, 0.05) is 0 Å². The first-order chi connectivity index (χ1) is 17.9. The summed E-state index contributed by atoms with van der Waals surface area (Å²) in [6, 6.07) is 0. The van der Waals surface area contributed by atoms with E-state index in [1.807, 2.05) is 0 Å². The average Bonchev–Trinajstić information content (AvgIpc) is 2.91. The van der Waals surface area contributed by atoms with Crippen molar-refractivity contribution in [1.82, 2.24) is 0 Å². The van der Waals surface area contributed by atoms with Crippen molar-refractivity contribution in [2.24, 2.45) is 59.2 Å². The van der Waals surface area contributed by atoms with Crippen LogP contribution in [-0.2, 0) is 0 Å². The molecule has 0 aliphatic heterocycles. The molecule has 0 nitrogen and oxygen atoms in total. The molecule has 0 unspecified atom stereocenters. The Morgan fingerprint density at radius 3 is 0.500 bits per heavy atom. The molecule has 256 valence electrons. The van der Waals surface area contributed by atoms with Crippen LogP contribution < -0.4 is 0 Å². The Bertz CT molecular complexity index is 515. The predicted octanol–water partition coefficient (Wildman–Crippen LogP) is 15.4. The van der Waals surface area contributed by atoms with Gasteiger partial charge in [-0.1, -0.05) is 193 Å². The quantitative estimate of drug-likeness (QED) is 0.288. The molecule has 5 aliphatic rings. The molecule has 5 fully saturated rings. The summed E-state index contributed by atoms with van der Waals surface area (Å²) in [5, 5.41) is 0. The highest BCUT2D eigenvalue weighted by Gasteiger charge is 2.28. The van der Waals surface area contributed by atoms with Crippen LogP contribution >= 0.6 is 0 Å². The lowest BCUT2D eigenvalue weighted by molar-refractivity contribution is 0.168. The summed E-state index contributed by atoms with van der Waals surface area (Å²) >= 11 is 0. The molecule has 42 heavy (non-hydrogen) atoms. The van der Waals surface area contributed by atoms with Crippen molar-refractivity contribution in [3.05, 3.63) is 0 Å². The minimum Gasteiger partial charge on any atom is -0.0776 e. The standard InChI is InChI=1S/C22H40.C15H28.5CH4/c1-17-3-7-19(8-4-17)15-21-11-13-22(14-12-21)16-20-9-5-18(2)6-10-20;1-12-3-7-14(8-4-12)11-15-9-5-13(2)6-10-15;;;;;/h17-22H,3-16H2,1-2H3;12-15H,3-11H2,1-2H3;5*1H4. The van der Waals surface area contributed by atoms with E-state index in [1.165, 1.54) is 77.0 Å². The molecule has 0 saturated heterocycles. The number of rotatable bonds is 6. The van der Waals surface area contributed by atoms with Crippen LogP contribution in [0.2, 0.25) is 0 Å². The van der Waals surface area contributed by atoms with E-state index in [0.29, 0.717) is 0 Å². The lowest BCUT2D eigenvalue weighted by Gasteiger charge is -2.35. The van der Waals surface area contributed by atoms with E-state index in [-0.39, 0.29) is 37.1 Å². The van der Waals surface area contributed by atoms with Gasteiger partial charge in [0.15, 0.2) is 0 Å². The van der Waals surface area contributed by atoms with Crippen molar-refractivity contribution in [2.45, 2.75) is 213 Å².